The molecular weight excluding hydrogens is 658 g/mol. The van der Waals surface area contributed by atoms with E-state index in [1.54, 1.807) is 25.2 Å². The predicted molar refractivity (Wildman–Crippen MR) is 193 cm³/mol. The van der Waals surface area contributed by atoms with E-state index in [1.165, 1.54) is 4.90 Å². The fraction of sp³-hybridized carbons (Fsp3) is 0.590. The lowest BCUT2D eigenvalue weighted by atomic mass is 9.70. The molecule has 3 heterocycles. The summed E-state index contributed by atoms with van der Waals surface area (Å²) in [6.07, 6.45) is 9.05. The van der Waals surface area contributed by atoms with Crippen LogP contribution in [0.3, 0.4) is 0 Å². The minimum absolute atomic E-state index is 0.0543. The second-order valence-corrected chi connectivity index (χ2v) is 14.9. The van der Waals surface area contributed by atoms with Crippen LogP contribution in [0.25, 0.3) is 0 Å². The Morgan fingerprint density at radius 2 is 1.96 bits per heavy atom. The number of carbonyl (C=O) groups excluding carboxylic acids is 1. The summed E-state index contributed by atoms with van der Waals surface area (Å²) in [6, 6.07) is 11.3. The molecule has 11 heteroatoms. The molecule has 6 rings (SSSR count). The van der Waals surface area contributed by atoms with Crippen LogP contribution in [0.1, 0.15) is 62.1 Å². The fourth-order valence-corrected chi connectivity index (χ4v) is 7.93. The van der Waals surface area contributed by atoms with Gasteiger partial charge in [-0.25, -0.2) is 4.79 Å². The van der Waals surface area contributed by atoms with Gasteiger partial charge in [0.15, 0.2) is 5.60 Å². The number of hydrogen-bond donors (Lipinski definition) is 2. The molecule has 5 atom stereocenters. The van der Waals surface area contributed by atoms with Gasteiger partial charge < -0.3 is 34.2 Å². The number of aliphatic hydroxyl groups is 1. The Morgan fingerprint density at radius 3 is 2.74 bits per heavy atom. The molecule has 10 nitrogen and oxygen atoms in total. The molecule has 0 unspecified atom stereocenters. The number of amides is 1. The summed E-state index contributed by atoms with van der Waals surface area (Å²) in [5.41, 5.74) is 0.712. The molecule has 1 aliphatic carbocycles. The second kappa shape index (κ2) is 16.5. The molecule has 272 valence electrons. The van der Waals surface area contributed by atoms with E-state index < -0.39 is 23.9 Å². The van der Waals surface area contributed by atoms with Crippen molar-refractivity contribution >= 4 is 29.2 Å². The summed E-state index contributed by atoms with van der Waals surface area (Å²) in [5.74, 6) is -0.631. The Morgan fingerprint density at radius 1 is 1.10 bits per heavy atom. The van der Waals surface area contributed by atoms with Crippen molar-refractivity contribution < 1.29 is 34.0 Å². The van der Waals surface area contributed by atoms with Crippen LogP contribution in [0.2, 0.25) is 5.02 Å². The molecule has 2 fully saturated rings. The number of aliphatic carboxylic acids is 1. The fourth-order valence-electron chi connectivity index (χ4n) is 7.73. The van der Waals surface area contributed by atoms with Crippen molar-refractivity contribution in [2.45, 2.75) is 76.2 Å². The van der Waals surface area contributed by atoms with Crippen molar-refractivity contribution in [3.63, 3.8) is 0 Å². The van der Waals surface area contributed by atoms with Gasteiger partial charge in [0.2, 0.25) is 5.91 Å². The molecular formula is C39H52ClN3O7. The van der Waals surface area contributed by atoms with E-state index in [0.29, 0.717) is 54.8 Å². The molecule has 0 radical (unpaired) electrons. The Balaban J connectivity index is 1.33. The number of carboxylic acid groups (broad SMARTS) is 1. The lowest BCUT2D eigenvalue weighted by molar-refractivity contribution is -0.164. The Labute approximate surface area is 300 Å². The molecule has 0 spiro atoms. The maximum atomic E-state index is 13.4. The van der Waals surface area contributed by atoms with E-state index in [2.05, 4.69) is 28.9 Å². The van der Waals surface area contributed by atoms with Crippen LogP contribution in [0.15, 0.2) is 48.6 Å². The standard InChI is InChI=1S/C39H52ClN3O7/c1-27-25-48-19-17-42(27)18-20-49-35-8-4-5-15-41(2)37(44)23-39(47,38(45)46)31-11-14-36-34(22-31)43(24-29-10-13-33(29)35)16-6-3-7-28-21-32(40)12-9-30(28)26-50-36/h4,8-9,11-12,14,21-22,27,29,33,35,47H,3,5-7,10,13,15-20,23-26H2,1-2H3,(H,45,46)/b8-4+/t27-,29-,33+,35-,39+/m0/s1. The number of carboxylic acids is 1. The molecule has 1 saturated heterocycles. The molecule has 1 amide bonds. The van der Waals surface area contributed by atoms with Gasteiger partial charge in [-0.05, 0) is 98.2 Å². The number of anilines is 1. The van der Waals surface area contributed by atoms with Crippen LogP contribution in [-0.2, 0) is 37.7 Å². The van der Waals surface area contributed by atoms with Crippen LogP contribution < -0.4 is 9.64 Å². The predicted octanol–water partition coefficient (Wildman–Crippen LogP) is 5.27. The number of rotatable bonds is 5. The summed E-state index contributed by atoms with van der Waals surface area (Å²) in [6.45, 7) is 8.26. The van der Waals surface area contributed by atoms with E-state index in [9.17, 15) is 19.8 Å². The van der Waals surface area contributed by atoms with Crippen molar-refractivity contribution in [3.8, 4) is 5.75 Å². The summed E-state index contributed by atoms with van der Waals surface area (Å²) < 4.78 is 18.8. The zero-order valence-electron chi connectivity index (χ0n) is 29.4. The van der Waals surface area contributed by atoms with E-state index >= 15 is 0 Å². The minimum Gasteiger partial charge on any atom is -0.487 e. The number of nitrogens with zero attached hydrogens (tertiary/aromatic N) is 3. The number of aryl methyl sites for hydroxylation is 1. The quantitative estimate of drug-likeness (QED) is 0.401. The molecule has 4 aliphatic rings. The number of morpholine rings is 1. The van der Waals surface area contributed by atoms with Gasteiger partial charge in [0.1, 0.15) is 12.4 Å². The van der Waals surface area contributed by atoms with Crippen molar-refractivity contribution in [2.75, 3.05) is 64.5 Å². The van der Waals surface area contributed by atoms with Crippen molar-refractivity contribution in [2.24, 2.45) is 11.8 Å². The van der Waals surface area contributed by atoms with E-state index in [-0.39, 0.29) is 11.7 Å². The molecule has 0 aromatic heterocycles. The van der Waals surface area contributed by atoms with Crippen LogP contribution in [0.4, 0.5) is 5.69 Å². The average molecular weight is 710 g/mol. The van der Waals surface area contributed by atoms with E-state index in [1.807, 2.05) is 18.2 Å². The largest absolute Gasteiger partial charge is 0.487 e. The molecule has 2 aromatic rings. The Bertz CT molecular complexity index is 1540. The first kappa shape index (κ1) is 36.6. The van der Waals surface area contributed by atoms with Gasteiger partial charge >= 0.3 is 5.97 Å². The average Bonchev–Trinajstić information content (AvgIpc) is 3.11. The maximum Gasteiger partial charge on any atom is 0.340 e. The molecule has 1 saturated carbocycles. The van der Waals surface area contributed by atoms with Gasteiger partial charge in [-0.1, -0.05) is 35.9 Å². The number of carbonyl (C=O) groups is 2. The third-order valence-electron chi connectivity index (χ3n) is 11.1. The second-order valence-electron chi connectivity index (χ2n) is 14.5. The highest BCUT2D eigenvalue weighted by molar-refractivity contribution is 6.30. The summed E-state index contributed by atoms with van der Waals surface area (Å²) in [7, 11) is 1.65. The van der Waals surface area contributed by atoms with E-state index in [4.69, 9.17) is 25.8 Å². The molecule has 2 N–H and O–H groups in total. The van der Waals surface area contributed by atoms with Gasteiger partial charge in [-0.2, -0.15) is 0 Å². The van der Waals surface area contributed by atoms with Crippen LogP contribution in [0.5, 0.6) is 5.75 Å². The topological polar surface area (TPSA) is 112 Å². The van der Waals surface area contributed by atoms with Gasteiger partial charge in [0.25, 0.3) is 0 Å². The third-order valence-corrected chi connectivity index (χ3v) is 11.4. The summed E-state index contributed by atoms with van der Waals surface area (Å²) in [4.78, 5) is 32.3. The zero-order valence-corrected chi connectivity index (χ0v) is 30.2. The first-order valence-corrected chi connectivity index (χ1v) is 18.6. The van der Waals surface area contributed by atoms with Gasteiger partial charge in [-0.3, -0.25) is 9.69 Å². The maximum absolute atomic E-state index is 13.4. The highest BCUT2D eigenvalue weighted by Crippen LogP contribution is 2.43. The smallest absolute Gasteiger partial charge is 0.340 e. The number of benzene rings is 2. The minimum atomic E-state index is -2.40. The number of hydrogen-bond acceptors (Lipinski definition) is 8. The number of halogens is 1. The molecule has 2 bridgehead atoms. The normalized spacial score (nSPS) is 29.1. The summed E-state index contributed by atoms with van der Waals surface area (Å²) in [5, 5.41) is 22.7. The van der Waals surface area contributed by atoms with Crippen LogP contribution >= 0.6 is 11.6 Å². The number of ether oxygens (including phenoxy) is 3. The lowest BCUT2D eigenvalue weighted by Gasteiger charge is -2.44. The van der Waals surface area contributed by atoms with Crippen molar-refractivity contribution in [1.29, 1.82) is 0 Å². The Kier molecular flexibility index (Phi) is 12.1. The van der Waals surface area contributed by atoms with Gasteiger partial charge in [-0.15, -0.1) is 0 Å². The van der Waals surface area contributed by atoms with Crippen LogP contribution in [-0.4, -0.2) is 104 Å². The first-order chi connectivity index (χ1) is 24.1. The molecule has 3 aliphatic heterocycles. The molecule has 50 heavy (non-hydrogen) atoms. The Hall–Kier alpha value is -3.15. The van der Waals surface area contributed by atoms with Crippen LogP contribution in [0, 0.1) is 11.8 Å². The van der Waals surface area contributed by atoms with Gasteiger partial charge in [0.05, 0.1) is 38.0 Å². The highest BCUT2D eigenvalue weighted by atomic mass is 35.5. The zero-order chi connectivity index (χ0) is 35.3. The van der Waals surface area contributed by atoms with Crippen molar-refractivity contribution in [3.05, 3.63) is 70.3 Å². The number of fused-ring (bicyclic) bond motifs is 3. The molecule has 2 aromatic carbocycles. The first-order valence-electron chi connectivity index (χ1n) is 18.2. The third kappa shape index (κ3) is 8.48. The lowest BCUT2D eigenvalue weighted by Crippen LogP contribution is -2.47. The van der Waals surface area contributed by atoms with Gasteiger partial charge in [0, 0.05) is 50.8 Å². The summed E-state index contributed by atoms with van der Waals surface area (Å²) >= 11 is 6.37. The SMILES string of the molecule is C[C@H]1COCCN1CCO[C@H]1/C=C/CCN(C)C(=O)C[C@](O)(C(=O)O)c2ccc3c(c2)N(CCCCc2cc(Cl)ccc2CO3)C[C@@H]2CC[C@H]21. The van der Waals surface area contributed by atoms with E-state index in [0.717, 1.165) is 88.3 Å². The van der Waals surface area contributed by atoms with Crippen molar-refractivity contribution in [1.82, 2.24) is 9.80 Å². The monoisotopic (exact) mass is 709 g/mol. The highest BCUT2D eigenvalue weighted by Gasteiger charge is 2.43.